The van der Waals surface area contributed by atoms with Gasteiger partial charge in [0.25, 0.3) is 0 Å². The zero-order valence-electron chi connectivity index (χ0n) is 11.7. The van der Waals surface area contributed by atoms with Crippen molar-refractivity contribution in [3.8, 4) is 0 Å². The van der Waals surface area contributed by atoms with Crippen LogP contribution in [-0.2, 0) is 17.8 Å². The molecule has 102 valence electrons. The number of aryl methyl sites for hydroxylation is 1. The van der Waals surface area contributed by atoms with Gasteiger partial charge in [0.2, 0.25) is 11.8 Å². The van der Waals surface area contributed by atoms with Crippen molar-refractivity contribution in [1.82, 2.24) is 15.6 Å². The number of hydrogen-bond donors (Lipinski definition) is 2. The fourth-order valence-electron chi connectivity index (χ4n) is 1.41. The van der Waals surface area contributed by atoms with Crippen LogP contribution in [0.25, 0.3) is 0 Å². The molecule has 0 unspecified atom stereocenters. The van der Waals surface area contributed by atoms with Crippen LogP contribution in [0, 0.1) is 0 Å². The molecule has 0 aliphatic rings. The van der Waals surface area contributed by atoms with Crippen molar-refractivity contribution < 1.29 is 9.21 Å². The van der Waals surface area contributed by atoms with Gasteiger partial charge in [-0.3, -0.25) is 4.79 Å². The molecule has 1 rings (SSSR count). The molecule has 1 aromatic heterocycles. The number of oxazole rings is 1. The summed E-state index contributed by atoms with van der Waals surface area (Å²) in [5.41, 5.74) is 0.0405. The Bertz CT molecular complexity index is 380. The zero-order chi connectivity index (χ0) is 13.6. The Balaban J connectivity index is 2.21. The molecule has 0 aliphatic heterocycles. The van der Waals surface area contributed by atoms with Crippen LogP contribution < -0.4 is 10.6 Å². The molecular formula is C13H23N3O2. The highest BCUT2D eigenvalue weighted by atomic mass is 16.4. The van der Waals surface area contributed by atoms with Gasteiger partial charge < -0.3 is 15.1 Å². The summed E-state index contributed by atoms with van der Waals surface area (Å²) in [7, 11) is 0. The van der Waals surface area contributed by atoms with E-state index < -0.39 is 0 Å². The van der Waals surface area contributed by atoms with Gasteiger partial charge in [-0.2, -0.15) is 0 Å². The second kappa shape index (κ2) is 6.54. The lowest BCUT2D eigenvalue weighted by Gasteiger charge is -2.20. The molecule has 0 radical (unpaired) electrons. The van der Waals surface area contributed by atoms with Crippen molar-refractivity contribution in [3.63, 3.8) is 0 Å². The summed E-state index contributed by atoms with van der Waals surface area (Å²) < 4.78 is 5.40. The molecule has 5 nitrogen and oxygen atoms in total. The molecule has 0 aromatic carbocycles. The maximum Gasteiger partial charge on any atom is 0.221 e. The van der Waals surface area contributed by atoms with Crippen LogP contribution in [0.4, 0.5) is 0 Å². The highest BCUT2D eigenvalue weighted by Crippen LogP contribution is 2.03. The van der Waals surface area contributed by atoms with Crippen LogP contribution in [0.2, 0.25) is 0 Å². The molecule has 0 saturated heterocycles. The van der Waals surface area contributed by atoms with Gasteiger partial charge in [0.15, 0.2) is 0 Å². The van der Waals surface area contributed by atoms with E-state index in [9.17, 15) is 4.79 Å². The van der Waals surface area contributed by atoms with E-state index in [-0.39, 0.29) is 11.4 Å². The summed E-state index contributed by atoms with van der Waals surface area (Å²) in [6, 6.07) is 0. The van der Waals surface area contributed by atoms with E-state index in [1.807, 2.05) is 6.92 Å². The number of nitrogens with zero attached hydrogens (tertiary/aromatic N) is 1. The van der Waals surface area contributed by atoms with Crippen molar-refractivity contribution in [2.24, 2.45) is 0 Å². The Labute approximate surface area is 108 Å². The third-order valence-electron chi connectivity index (χ3n) is 2.39. The fraction of sp³-hybridized carbons (Fsp3) is 0.692. The molecule has 5 heteroatoms. The Hall–Kier alpha value is -1.36. The predicted octanol–water partition coefficient (Wildman–Crippen LogP) is 1.63. The van der Waals surface area contributed by atoms with Gasteiger partial charge in [-0.1, -0.05) is 6.92 Å². The second-order valence-electron chi connectivity index (χ2n) is 5.28. The van der Waals surface area contributed by atoms with Crippen LogP contribution in [0.5, 0.6) is 0 Å². The first kappa shape index (κ1) is 14.7. The Kier molecular flexibility index (Phi) is 5.34. The average Bonchev–Trinajstić information content (AvgIpc) is 2.72. The standard InChI is InChI=1S/C13H23N3O2/c1-5-10-8-15-12(18-10)9-14-11(17)6-7-16-13(2,3)4/h8,16H,5-7,9H2,1-4H3,(H,14,17). The SMILES string of the molecule is CCc1cnc(CNC(=O)CCNC(C)(C)C)o1. The van der Waals surface area contributed by atoms with Crippen LogP contribution in [-0.4, -0.2) is 23.0 Å². The molecule has 0 bridgehead atoms. The van der Waals surface area contributed by atoms with Gasteiger partial charge in [0.05, 0.1) is 12.7 Å². The number of carbonyl (C=O) groups excluding carboxylic acids is 1. The summed E-state index contributed by atoms with van der Waals surface area (Å²) in [6.45, 7) is 9.24. The van der Waals surface area contributed by atoms with Gasteiger partial charge in [-0.25, -0.2) is 4.98 Å². The summed E-state index contributed by atoms with van der Waals surface area (Å²) in [5.74, 6) is 1.40. The molecule has 18 heavy (non-hydrogen) atoms. The van der Waals surface area contributed by atoms with Crippen molar-refractivity contribution in [2.75, 3.05) is 6.54 Å². The van der Waals surface area contributed by atoms with Crippen molar-refractivity contribution >= 4 is 5.91 Å². The van der Waals surface area contributed by atoms with Crippen LogP contribution in [0.1, 0.15) is 45.8 Å². The van der Waals surface area contributed by atoms with E-state index in [1.165, 1.54) is 0 Å². The van der Waals surface area contributed by atoms with Gasteiger partial charge in [0.1, 0.15) is 5.76 Å². The maximum atomic E-state index is 11.6. The Morgan fingerprint density at radius 1 is 1.44 bits per heavy atom. The third-order valence-corrected chi connectivity index (χ3v) is 2.39. The smallest absolute Gasteiger partial charge is 0.221 e. The van der Waals surface area contributed by atoms with Crippen molar-refractivity contribution in [3.05, 3.63) is 17.8 Å². The van der Waals surface area contributed by atoms with E-state index in [2.05, 4.69) is 36.4 Å². The lowest BCUT2D eigenvalue weighted by Crippen LogP contribution is -2.38. The van der Waals surface area contributed by atoms with Crippen LogP contribution in [0.15, 0.2) is 10.6 Å². The number of nitrogens with one attached hydrogen (secondary N) is 2. The van der Waals surface area contributed by atoms with Gasteiger partial charge >= 0.3 is 0 Å². The molecule has 0 aliphatic carbocycles. The lowest BCUT2D eigenvalue weighted by molar-refractivity contribution is -0.121. The maximum absolute atomic E-state index is 11.6. The first-order chi connectivity index (χ1) is 8.40. The van der Waals surface area contributed by atoms with E-state index in [1.54, 1.807) is 6.20 Å². The number of hydrogen-bond acceptors (Lipinski definition) is 4. The van der Waals surface area contributed by atoms with Crippen LogP contribution >= 0.6 is 0 Å². The quantitative estimate of drug-likeness (QED) is 0.808. The van der Waals surface area contributed by atoms with E-state index in [4.69, 9.17) is 4.42 Å². The second-order valence-corrected chi connectivity index (χ2v) is 5.28. The van der Waals surface area contributed by atoms with Crippen molar-refractivity contribution in [1.29, 1.82) is 0 Å². The largest absolute Gasteiger partial charge is 0.444 e. The highest BCUT2D eigenvalue weighted by Gasteiger charge is 2.10. The molecule has 0 spiro atoms. The molecule has 1 aromatic rings. The Morgan fingerprint density at radius 2 is 2.17 bits per heavy atom. The predicted molar refractivity (Wildman–Crippen MR) is 70.1 cm³/mol. The first-order valence-corrected chi connectivity index (χ1v) is 6.36. The minimum absolute atomic E-state index is 0.00278. The first-order valence-electron chi connectivity index (χ1n) is 6.36. The minimum Gasteiger partial charge on any atom is -0.444 e. The number of aromatic nitrogens is 1. The minimum atomic E-state index is 0.00278. The molecular weight excluding hydrogens is 230 g/mol. The number of amides is 1. The fourth-order valence-corrected chi connectivity index (χ4v) is 1.41. The van der Waals surface area contributed by atoms with Gasteiger partial charge in [0, 0.05) is 24.9 Å². The summed E-state index contributed by atoms with van der Waals surface area (Å²) in [4.78, 5) is 15.6. The summed E-state index contributed by atoms with van der Waals surface area (Å²) in [6.07, 6.45) is 2.97. The molecule has 0 atom stereocenters. The van der Waals surface area contributed by atoms with E-state index in [0.717, 1.165) is 12.2 Å². The van der Waals surface area contributed by atoms with Gasteiger partial charge in [-0.05, 0) is 20.8 Å². The number of carbonyl (C=O) groups is 1. The Morgan fingerprint density at radius 3 is 2.72 bits per heavy atom. The molecule has 1 heterocycles. The number of rotatable bonds is 6. The normalized spacial score (nSPS) is 11.6. The molecule has 1 amide bonds. The van der Waals surface area contributed by atoms with Crippen LogP contribution in [0.3, 0.4) is 0 Å². The summed E-state index contributed by atoms with van der Waals surface area (Å²) >= 11 is 0. The van der Waals surface area contributed by atoms with E-state index in [0.29, 0.717) is 25.4 Å². The monoisotopic (exact) mass is 253 g/mol. The molecule has 0 fully saturated rings. The third kappa shape index (κ3) is 5.82. The highest BCUT2D eigenvalue weighted by molar-refractivity contribution is 5.75. The molecule has 2 N–H and O–H groups in total. The zero-order valence-corrected chi connectivity index (χ0v) is 11.7. The topological polar surface area (TPSA) is 67.2 Å². The lowest BCUT2D eigenvalue weighted by atomic mass is 10.1. The van der Waals surface area contributed by atoms with Crippen molar-refractivity contribution in [2.45, 2.75) is 52.6 Å². The van der Waals surface area contributed by atoms with E-state index >= 15 is 0 Å². The average molecular weight is 253 g/mol. The summed E-state index contributed by atoms with van der Waals surface area (Å²) in [5, 5.41) is 6.05. The molecule has 0 saturated carbocycles. The van der Waals surface area contributed by atoms with Gasteiger partial charge in [-0.15, -0.1) is 0 Å².